The van der Waals surface area contributed by atoms with Crippen molar-refractivity contribution in [3.8, 4) is 5.88 Å². The summed E-state index contributed by atoms with van der Waals surface area (Å²) in [4.78, 5) is 4.41. The number of ether oxygens (including phenoxy) is 1. The third-order valence-corrected chi connectivity index (χ3v) is 3.43. The number of pyridine rings is 1. The fourth-order valence-electron chi connectivity index (χ4n) is 1.99. The van der Waals surface area contributed by atoms with Gasteiger partial charge in [-0.1, -0.05) is 13.0 Å². The van der Waals surface area contributed by atoms with Gasteiger partial charge in [-0.05, 0) is 38.3 Å². The Hall–Kier alpha value is -1.13. The SMILES string of the molecule is Cc1ccc(OCC2NCCC2C)nc1C.N. The van der Waals surface area contributed by atoms with E-state index in [0.29, 0.717) is 12.0 Å². The molecule has 96 valence electrons. The van der Waals surface area contributed by atoms with E-state index in [0.717, 1.165) is 24.7 Å². The van der Waals surface area contributed by atoms with Crippen molar-refractivity contribution in [2.75, 3.05) is 13.2 Å². The summed E-state index contributed by atoms with van der Waals surface area (Å²) < 4.78 is 5.72. The average Bonchev–Trinajstić information content (AvgIpc) is 2.66. The second-order valence-electron chi connectivity index (χ2n) is 4.69. The molecule has 4 N–H and O–H groups in total. The monoisotopic (exact) mass is 237 g/mol. The van der Waals surface area contributed by atoms with E-state index in [1.54, 1.807) is 0 Å². The highest BCUT2D eigenvalue weighted by Gasteiger charge is 2.23. The first-order valence-corrected chi connectivity index (χ1v) is 5.97. The minimum Gasteiger partial charge on any atom is -0.476 e. The second-order valence-corrected chi connectivity index (χ2v) is 4.69. The van der Waals surface area contributed by atoms with Gasteiger partial charge in [0, 0.05) is 17.8 Å². The van der Waals surface area contributed by atoms with Crippen LogP contribution in [0.4, 0.5) is 0 Å². The van der Waals surface area contributed by atoms with Crippen molar-refractivity contribution in [1.82, 2.24) is 16.5 Å². The third kappa shape index (κ3) is 3.41. The zero-order valence-corrected chi connectivity index (χ0v) is 11.0. The summed E-state index contributed by atoms with van der Waals surface area (Å²) in [6, 6.07) is 4.48. The van der Waals surface area contributed by atoms with Gasteiger partial charge in [-0.2, -0.15) is 0 Å². The number of aryl methyl sites for hydroxylation is 2. The van der Waals surface area contributed by atoms with Gasteiger partial charge in [0.15, 0.2) is 0 Å². The minimum absolute atomic E-state index is 0. The summed E-state index contributed by atoms with van der Waals surface area (Å²) in [7, 11) is 0. The van der Waals surface area contributed by atoms with Gasteiger partial charge in [0.2, 0.25) is 5.88 Å². The molecule has 0 bridgehead atoms. The molecule has 0 spiro atoms. The van der Waals surface area contributed by atoms with Gasteiger partial charge in [0.05, 0.1) is 0 Å². The fraction of sp³-hybridized carbons (Fsp3) is 0.615. The molecule has 4 nitrogen and oxygen atoms in total. The van der Waals surface area contributed by atoms with Crippen LogP contribution in [0.15, 0.2) is 12.1 Å². The standard InChI is InChI=1S/C13H20N2O.H3N/c1-9-4-5-13(15-11(9)3)16-8-12-10(2)6-7-14-12;/h4-5,10,12,14H,6-8H2,1-3H3;1H3. The summed E-state index contributed by atoms with van der Waals surface area (Å²) in [5, 5.41) is 3.45. The van der Waals surface area contributed by atoms with E-state index in [-0.39, 0.29) is 6.15 Å². The predicted octanol–water partition coefficient (Wildman–Crippen LogP) is 2.24. The maximum absolute atomic E-state index is 5.72. The highest BCUT2D eigenvalue weighted by molar-refractivity contribution is 5.23. The molecule has 0 aliphatic carbocycles. The van der Waals surface area contributed by atoms with Gasteiger partial charge in [0.25, 0.3) is 0 Å². The highest BCUT2D eigenvalue weighted by atomic mass is 16.5. The van der Waals surface area contributed by atoms with Crippen LogP contribution in [0.1, 0.15) is 24.6 Å². The maximum atomic E-state index is 5.72. The first-order chi connectivity index (χ1) is 7.66. The number of aromatic nitrogens is 1. The van der Waals surface area contributed by atoms with E-state index in [9.17, 15) is 0 Å². The predicted molar refractivity (Wildman–Crippen MR) is 69.8 cm³/mol. The molecule has 2 heterocycles. The molecular formula is C13H23N3O. The Balaban J connectivity index is 0.00000144. The van der Waals surface area contributed by atoms with Crippen molar-refractivity contribution < 1.29 is 4.74 Å². The van der Waals surface area contributed by atoms with Crippen LogP contribution in [-0.2, 0) is 0 Å². The molecule has 4 heteroatoms. The van der Waals surface area contributed by atoms with Crippen LogP contribution < -0.4 is 16.2 Å². The molecule has 2 atom stereocenters. The van der Waals surface area contributed by atoms with E-state index < -0.39 is 0 Å². The van der Waals surface area contributed by atoms with E-state index in [1.165, 1.54) is 12.0 Å². The summed E-state index contributed by atoms with van der Waals surface area (Å²) >= 11 is 0. The number of nitrogens with one attached hydrogen (secondary N) is 1. The van der Waals surface area contributed by atoms with Crippen molar-refractivity contribution in [2.24, 2.45) is 5.92 Å². The van der Waals surface area contributed by atoms with Crippen molar-refractivity contribution in [3.63, 3.8) is 0 Å². The summed E-state index contributed by atoms with van der Waals surface area (Å²) in [5.74, 6) is 1.44. The number of hydrogen-bond donors (Lipinski definition) is 2. The first kappa shape index (κ1) is 13.9. The lowest BCUT2D eigenvalue weighted by atomic mass is 10.0. The van der Waals surface area contributed by atoms with Crippen LogP contribution in [0.2, 0.25) is 0 Å². The van der Waals surface area contributed by atoms with Crippen molar-refractivity contribution in [3.05, 3.63) is 23.4 Å². The number of hydrogen-bond acceptors (Lipinski definition) is 4. The Morgan fingerprint density at radius 3 is 2.76 bits per heavy atom. The van der Waals surface area contributed by atoms with Gasteiger partial charge < -0.3 is 16.2 Å². The zero-order valence-electron chi connectivity index (χ0n) is 11.0. The Kier molecular flexibility index (Phi) is 4.90. The van der Waals surface area contributed by atoms with Crippen molar-refractivity contribution in [2.45, 2.75) is 33.2 Å². The molecule has 1 aliphatic rings. The normalized spacial score (nSPS) is 23.2. The van der Waals surface area contributed by atoms with Crippen molar-refractivity contribution >= 4 is 0 Å². The van der Waals surface area contributed by atoms with E-state index >= 15 is 0 Å². The molecule has 0 amide bonds. The Bertz CT molecular complexity index is 368. The quantitative estimate of drug-likeness (QED) is 0.846. The van der Waals surface area contributed by atoms with Gasteiger partial charge >= 0.3 is 0 Å². The Morgan fingerprint density at radius 1 is 1.41 bits per heavy atom. The molecule has 2 rings (SSSR count). The lowest BCUT2D eigenvalue weighted by Gasteiger charge is -2.16. The van der Waals surface area contributed by atoms with Gasteiger partial charge in [0.1, 0.15) is 6.61 Å². The molecule has 2 unspecified atom stereocenters. The molecule has 0 aromatic carbocycles. The van der Waals surface area contributed by atoms with E-state index in [2.05, 4.69) is 30.2 Å². The van der Waals surface area contributed by atoms with Gasteiger partial charge in [-0.15, -0.1) is 0 Å². The lowest BCUT2D eigenvalue weighted by Crippen LogP contribution is -2.32. The lowest BCUT2D eigenvalue weighted by molar-refractivity contribution is 0.245. The Labute approximate surface area is 103 Å². The smallest absolute Gasteiger partial charge is 0.213 e. The zero-order chi connectivity index (χ0) is 11.5. The Morgan fingerprint density at radius 2 is 2.18 bits per heavy atom. The molecule has 1 fully saturated rings. The molecular weight excluding hydrogens is 214 g/mol. The number of rotatable bonds is 3. The van der Waals surface area contributed by atoms with E-state index in [1.807, 2.05) is 13.0 Å². The number of nitrogens with zero attached hydrogens (tertiary/aromatic N) is 1. The first-order valence-electron chi connectivity index (χ1n) is 5.97. The van der Waals surface area contributed by atoms with E-state index in [4.69, 9.17) is 4.74 Å². The van der Waals surface area contributed by atoms with Crippen LogP contribution in [0.25, 0.3) is 0 Å². The summed E-state index contributed by atoms with van der Waals surface area (Å²) in [5.41, 5.74) is 2.25. The van der Waals surface area contributed by atoms with Gasteiger partial charge in [-0.3, -0.25) is 0 Å². The summed E-state index contributed by atoms with van der Waals surface area (Å²) in [6.45, 7) is 8.17. The molecule has 17 heavy (non-hydrogen) atoms. The molecule has 1 aromatic rings. The second kappa shape index (κ2) is 5.98. The van der Waals surface area contributed by atoms with Crippen LogP contribution in [0.3, 0.4) is 0 Å². The topological polar surface area (TPSA) is 69.2 Å². The third-order valence-electron chi connectivity index (χ3n) is 3.43. The van der Waals surface area contributed by atoms with Crippen molar-refractivity contribution in [1.29, 1.82) is 0 Å². The molecule has 1 aromatic heterocycles. The van der Waals surface area contributed by atoms with Crippen LogP contribution >= 0.6 is 0 Å². The molecule has 1 saturated heterocycles. The highest BCUT2D eigenvalue weighted by Crippen LogP contribution is 2.16. The summed E-state index contributed by atoms with van der Waals surface area (Å²) in [6.07, 6.45) is 1.24. The molecule has 0 radical (unpaired) electrons. The fourth-order valence-corrected chi connectivity index (χ4v) is 1.99. The molecule has 0 saturated carbocycles. The van der Waals surface area contributed by atoms with Crippen LogP contribution in [0, 0.1) is 19.8 Å². The average molecular weight is 237 g/mol. The van der Waals surface area contributed by atoms with Crippen LogP contribution in [0.5, 0.6) is 5.88 Å². The molecule has 1 aliphatic heterocycles. The van der Waals surface area contributed by atoms with Gasteiger partial charge in [-0.25, -0.2) is 4.98 Å². The van der Waals surface area contributed by atoms with Crippen LogP contribution in [-0.4, -0.2) is 24.2 Å². The maximum Gasteiger partial charge on any atom is 0.213 e. The minimum atomic E-state index is 0. The largest absolute Gasteiger partial charge is 0.476 e.